The number of fused-ring (bicyclic) bond motifs is 2. The minimum absolute atomic E-state index is 0.0587. The minimum atomic E-state index is 0.0587. The fraction of sp³-hybridized carbons (Fsp3) is 0.846. The van der Waals surface area contributed by atoms with Crippen molar-refractivity contribution in [3.8, 4) is 0 Å². The molecule has 0 saturated carbocycles. The van der Waals surface area contributed by atoms with E-state index in [-0.39, 0.29) is 11.9 Å². The van der Waals surface area contributed by atoms with E-state index in [2.05, 4.69) is 4.90 Å². The van der Waals surface area contributed by atoms with E-state index in [9.17, 15) is 9.59 Å². The topological polar surface area (TPSA) is 40.6 Å². The lowest BCUT2D eigenvalue weighted by molar-refractivity contribution is -0.139. The van der Waals surface area contributed by atoms with Gasteiger partial charge >= 0.3 is 0 Å². The van der Waals surface area contributed by atoms with Crippen LogP contribution in [0.4, 0.5) is 0 Å². The van der Waals surface area contributed by atoms with Crippen LogP contribution in [-0.2, 0) is 9.59 Å². The molecule has 17 heavy (non-hydrogen) atoms. The third-order valence-electron chi connectivity index (χ3n) is 4.60. The number of ketones is 1. The monoisotopic (exact) mass is 236 g/mol. The zero-order chi connectivity index (χ0) is 12.0. The first kappa shape index (κ1) is 11.2. The summed E-state index contributed by atoms with van der Waals surface area (Å²) in [7, 11) is 1.88. The Morgan fingerprint density at radius 3 is 2.24 bits per heavy atom. The molecule has 0 radical (unpaired) electrons. The second-order valence-electron chi connectivity index (χ2n) is 5.70. The van der Waals surface area contributed by atoms with Gasteiger partial charge in [-0.25, -0.2) is 0 Å². The van der Waals surface area contributed by atoms with Crippen LogP contribution in [0.15, 0.2) is 0 Å². The molecule has 0 aliphatic carbocycles. The molecule has 3 aliphatic heterocycles. The summed E-state index contributed by atoms with van der Waals surface area (Å²) >= 11 is 0. The summed E-state index contributed by atoms with van der Waals surface area (Å²) in [5, 5.41) is 0. The lowest BCUT2D eigenvalue weighted by atomic mass is 9.82. The van der Waals surface area contributed by atoms with Gasteiger partial charge in [0, 0.05) is 38.5 Å². The predicted octanol–water partition coefficient (Wildman–Crippen LogP) is 0.803. The Bertz CT molecular complexity index is 339. The number of hydrogen-bond donors (Lipinski definition) is 0. The second kappa shape index (κ2) is 4.09. The molecule has 4 heteroatoms. The highest BCUT2D eigenvalue weighted by Gasteiger charge is 2.45. The number of hydrogen-bond acceptors (Lipinski definition) is 3. The molecule has 4 nitrogen and oxygen atoms in total. The first-order valence-electron chi connectivity index (χ1n) is 6.71. The van der Waals surface area contributed by atoms with E-state index in [4.69, 9.17) is 0 Å². The van der Waals surface area contributed by atoms with E-state index in [1.54, 1.807) is 0 Å². The minimum Gasteiger partial charge on any atom is -0.344 e. The highest BCUT2D eigenvalue weighted by atomic mass is 16.2. The fourth-order valence-corrected chi connectivity index (χ4v) is 3.80. The number of likely N-dealkylation sites (tertiary alicyclic amines) is 1. The van der Waals surface area contributed by atoms with Crippen molar-refractivity contribution in [3.63, 3.8) is 0 Å². The lowest BCUT2D eigenvalue weighted by Gasteiger charge is -2.47. The maximum absolute atomic E-state index is 12.1. The first-order valence-corrected chi connectivity index (χ1v) is 6.71. The third kappa shape index (κ3) is 1.79. The summed E-state index contributed by atoms with van der Waals surface area (Å²) in [5.41, 5.74) is 0. The van der Waals surface area contributed by atoms with Crippen molar-refractivity contribution in [1.29, 1.82) is 0 Å². The Labute approximate surface area is 102 Å². The van der Waals surface area contributed by atoms with Crippen LogP contribution in [0.3, 0.4) is 0 Å². The number of carbonyl (C=O) groups excluding carboxylic acids is 2. The van der Waals surface area contributed by atoms with E-state index in [0.29, 0.717) is 30.7 Å². The van der Waals surface area contributed by atoms with Crippen LogP contribution < -0.4 is 0 Å². The van der Waals surface area contributed by atoms with Gasteiger partial charge in [-0.05, 0) is 19.3 Å². The molecule has 0 aromatic rings. The number of rotatable bonds is 1. The Morgan fingerprint density at radius 1 is 1.06 bits per heavy atom. The van der Waals surface area contributed by atoms with Crippen LogP contribution in [0.25, 0.3) is 0 Å². The second-order valence-corrected chi connectivity index (χ2v) is 5.70. The van der Waals surface area contributed by atoms with Crippen molar-refractivity contribution < 1.29 is 9.59 Å². The van der Waals surface area contributed by atoms with Crippen LogP contribution in [-0.4, -0.2) is 53.2 Å². The Balaban J connectivity index is 1.82. The van der Waals surface area contributed by atoms with Crippen LogP contribution in [0, 0.1) is 0 Å². The molecule has 1 amide bonds. The van der Waals surface area contributed by atoms with Gasteiger partial charge in [0.1, 0.15) is 5.78 Å². The average molecular weight is 236 g/mol. The summed E-state index contributed by atoms with van der Waals surface area (Å²) in [6.07, 6.45) is 5.69. The molecule has 0 N–H and O–H groups in total. The summed E-state index contributed by atoms with van der Waals surface area (Å²) in [5.74, 6) is 0.658. The zero-order valence-corrected chi connectivity index (χ0v) is 10.4. The van der Waals surface area contributed by atoms with Gasteiger partial charge in [0.05, 0.1) is 6.04 Å². The van der Waals surface area contributed by atoms with E-state index in [1.165, 1.54) is 6.42 Å². The lowest BCUT2D eigenvalue weighted by Crippen LogP contribution is -2.58. The SMILES string of the molecule is CN1CCC(N2C3CCCC2CC(=O)C3)C1=O. The summed E-state index contributed by atoms with van der Waals surface area (Å²) in [6.45, 7) is 0.868. The van der Waals surface area contributed by atoms with E-state index >= 15 is 0 Å². The molecule has 0 aromatic heterocycles. The molecule has 3 fully saturated rings. The van der Waals surface area contributed by atoms with E-state index in [0.717, 1.165) is 25.8 Å². The van der Waals surface area contributed by atoms with Crippen LogP contribution in [0.5, 0.6) is 0 Å². The largest absolute Gasteiger partial charge is 0.344 e. The maximum Gasteiger partial charge on any atom is 0.239 e. The first-order chi connectivity index (χ1) is 8.16. The van der Waals surface area contributed by atoms with Crippen LogP contribution in [0.1, 0.15) is 38.5 Å². The van der Waals surface area contributed by atoms with Gasteiger partial charge < -0.3 is 4.90 Å². The maximum atomic E-state index is 12.1. The third-order valence-corrected chi connectivity index (χ3v) is 4.60. The van der Waals surface area contributed by atoms with Crippen molar-refractivity contribution in [2.75, 3.05) is 13.6 Å². The van der Waals surface area contributed by atoms with Gasteiger partial charge in [-0.2, -0.15) is 0 Å². The Hall–Kier alpha value is -0.900. The van der Waals surface area contributed by atoms with Gasteiger partial charge in [0.25, 0.3) is 0 Å². The summed E-state index contributed by atoms with van der Waals surface area (Å²) < 4.78 is 0. The van der Waals surface area contributed by atoms with Crippen molar-refractivity contribution in [2.45, 2.75) is 56.7 Å². The molecule has 3 saturated heterocycles. The normalized spacial score (nSPS) is 38.9. The number of Topliss-reactive ketones (excluding diaryl/α,β-unsaturated/α-hetero) is 1. The van der Waals surface area contributed by atoms with Crippen LogP contribution in [0.2, 0.25) is 0 Å². The molecule has 3 heterocycles. The Morgan fingerprint density at radius 2 is 1.71 bits per heavy atom. The number of amides is 1. The fourth-order valence-electron chi connectivity index (χ4n) is 3.80. The zero-order valence-electron chi connectivity index (χ0n) is 10.4. The van der Waals surface area contributed by atoms with E-state index in [1.807, 2.05) is 11.9 Å². The number of nitrogens with zero attached hydrogens (tertiary/aromatic N) is 2. The molecule has 0 aromatic carbocycles. The van der Waals surface area contributed by atoms with Gasteiger partial charge in [-0.1, -0.05) is 6.42 Å². The molecule has 3 aliphatic rings. The standard InChI is InChI=1S/C13H20N2O2/c1-14-6-5-12(13(14)17)15-9-3-2-4-10(15)8-11(16)7-9/h9-10,12H,2-8H2,1H3. The van der Waals surface area contributed by atoms with Gasteiger partial charge in [-0.15, -0.1) is 0 Å². The van der Waals surface area contributed by atoms with Crippen molar-refractivity contribution in [2.24, 2.45) is 0 Å². The highest BCUT2D eigenvalue weighted by Crippen LogP contribution is 2.36. The van der Waals surface area contributed by atoms with Crippen molar-refractivity contribution in [3.05, 3.63) is 0 Å². The molecular formula is C13H20N2O2. The summed E-state index contributed by atoms with van der Waals surface area (Å²) in [4.78, 5) is 28.0. The average Bonchev–Trinajstić information content (AvgIpc) is 2.59. The molecular weight excluding hydrogens is 216 g/mol. The molecule has 94 valence electrons. The molecule has 3 rings (SSSR count). The van der Waals surface area contributed by atoms with Crippen molar-refractivity contribution in [1.82, 2.24) is 9.80 Å². The van der Waals surface area contributed by atoms with Gasteiger partial charge in [-0.3, -0.25) is 14.5 Å². The number of piperidine rings is 2. The molecule has 2 bridgehead atoms. The number of likely N-dealkylation sites (N-methyl/N-ethyl adjacent to an activating group) is 1. The molecule has 3 unspecified atom stereocenters. The van der Waals surface area contributed by atoms with Crippen molar-refractivity contribution >= 4 is 11.7 Å². The predicted molar refractivity (Wildman–Crippen MR) is 63.5 cm³/mol. The van der Waals surface area contributed by atoms with E-state index < -0.39 is 0 Å². The molecule has 3 atom stereocenters. The molecule has 0 spiro atoms. The van der Waals surface area contributed by atoms with Gasteiger partial charge in [0.2, 0.25) is 5.91 Å². The highest BCUT2D eigenvalue weighted by molar-refractivity contribution is 5.85. The Kier molecular flexibility index (Phi) is 2.69. The smallest absolute Gasteiger partial charge is 0.239 e. The number of carbonyl (C=O) groups is 2. The van der Waals surface area contributed by atoms with Crippen LogP contribution >= 0.6 is 0 Å². The summed E-state index contributed by atoms with van der Waals surface area (Å²) in [6, 6.07) is 0.745. The van der Waals surface area contributed by atoms with Gasteiger partial charge in [0.15, 0.2) is 0 Å². The quantitative estimate of drug-likeness (QED) is 0.676.